The van der Waals surface area contributed by atoms with Crippen molar-refractivity contribution in [2.45, 2.75) is 39.7 Å². The molecule has 0 amide bonds. The number of nitrogens with one attached hydrogen (secondary N) is 2. The molecule has 0 aliphatic rings. The van der Waals surface area contributed by atoms with Crippen molar-refractivity contribution >= 4 is 17.0 Å². The van der Waals surface area contributed by atoms with Crippen molar-refractivity contribution < 1.29 is 4.74 Å². The van der Waals surface area contributed by atoms with Gasteiger partial charge < -0.3 is 19.9 Å². The maximum atomic E-state index is 5.34. The van der Waals surface area contributed by atoms with Crippen LogP contribution >= 0.6 is 0 Å². The van der Waals surface area contributed by atoms with Gasteiger partial charge in [0.1, 0.15) is 5.82 Å². The number of imidazole rings is 1. The summed E-state index contributed by atoms with van der Waals surface area (Å²) < 4.78 is 7.62. The Morgan fingerprint density at radius 2 is 1.92 bits per heavy atom. The number of aliphatic imine (C=N–C) groups is 1. The molecule has 0 atom stereocenters. The zero-order chi connectivity index (χ0) is 17.9. The summed E-state index contributed by atoms with van der Waals surface area (Å²) in [6.45, 7) is 8.46. The van der Waals surface area contributed by atoms with Crippen LogP contribution in [0.1, 0.15) is 32.0 Å². The van der Waals surface area contributed by atoms with E-state index in [-0.39, 0.29) is 0 Å². The minimum absolute atomic E-state index is 0.794. The molecule has 1 heterocycles. The fourth-order valence-corrected chi connectivity index (χ4v) is 2.82. The molecule has 2 rings (SSSR count). The van der Waals surface area contributed by atoms with Crippen molar-refractivity contribution in [3.8, 4) is 0 Å². The number of unbranched alkanes of at least 4 members (excludes halogenated alkanes) is 1. The van der Waals surface area contributed by atoms with Gasteiger partial charge >= 0.3 is 0 Å². The molecule has 0 aliphatic carbocycles. The maximum absolute atomic E-state index is 5.34. The Morgan fingerprint density at radius 3 is 2.68 bits per heavy atom. The van der Waals surface area contributed by atoms with Crippen LogP contribution < -0.4 is 10.6 Å². The van der Waals surface area contributed by atoms with Crippen LogP contribution in [-0.2, 0) is 11.3 Å². The van der Waals surface area contributed by atoms with Gasteiger partial charge in [0.05, 0.1) is 11.0 Å². The van der Waals surface area contributed by atoms with Gasteiger partial charge in [0.2, 0.25) is 0 Å². The molecule has 0 unspecified atom stereocenters. The van der Waals surface area contributed by atoms with E-state index in [4.69, 9.17) is 4.74 Å². The van der Waals surface area contributed by atoms with E-state index >= 15 is 0 Å². The van der Waals surface area contributed by atoms with E-state index < -0.39 is 0 Å². The predicted molar refractivity (Wildman–Crippen MR) is 104 cm³/mol. The molecule has 2 N–H and O–H groups in total. The third kappa shape index (κ3) is 6.05. The van der Waals surface area contributed by atoms with Crippen molar-refractivity contribution in [3.63, 3.8) is 0 Å². The summed E-state index contributed by atoms with van der Waals surface area (Å²) in [6.07, 6.45) is 3.18. The number of fused-ring (bicyclic) bond motifs is 1. The maximum Gasteiger partial charge on any atom is 0.190 e. The van der Waals surface area contributed by atoms with Crippen LogP contribution in [0.15, 0.2) is 29.3 Å². The van der Waals surface area contributed by atoms with E-state index in [2.05, 4.69) is 50.3 Å². The number of para-hydroxylation sites is 2. The monoisotopic (exact) mass is 345 g/mol. The lowest BCUT2D eigenvalue weighted by Crippen LogP contribution is -2.38. The first kappa shape index (κ1) is 19.2. The minimum Gasteiger partial charge on any atom is -0.382 e. The van der Waals surface area contributed by atoms with Gasteiger partial charge in [-0.1, -0.05) is 12.1 Å². The highest BCUT2D eigenvalue weighted by molar-refractivity contribution is 5.79. The standard InChI is InChI=1S/C19H31N5O/c1-4-25-15-8-7-12-21-19(20-3)22-13-9-14-24-16(2)23-17-10-5-6-11-18(17)24/h5-6,10-11H,4,7-9,12-15H2,1-3H3,(H2,20,21,22). The molecule has 1 aromatic carbocycles. The van der Waals surface area contributed by atoms with Crippen LogP contribution in [0.3, 0.4) is 0 Å². The first-order chi connectivity index (χ1) is 12.3. The van der Waals surface area contributed by atoms with Crippen LogP contribution in [0.4, 0.5) is 0 Å². The Hall–Kier alpha value is -2.08. The Balaban J connectivity index is 1.68. The highest BCUT2D eigenvalue weighted by atomic mass is 16.5. The number of rotatable bonds is 10. The van der Waals surface area contributed by atoms with Gasteiger partial charge in [-0.3, -0.25) is 4.99 Å². The second-order valence-corrected chi connectivity index (χ2v) is 5.98. The van der Waals surface area contributed by atoms with E-state index in [1.54, 1.807) is 0 Å². The van der Waals surface area contributed by atoms with E-state index in [1.807, 2.05) is 20.0 Å². The average molecular weight is 345 g/mol. The summed E-state index contributed by atoms with van der Waals surface area (Å²) in [4.78, 5) is 8.88. The number of aromatic nitrogens is 2. The molecule has 0 spiro atoms. The largest absolute Gasteiger partial charge is 0.382 e. The van der Waals surface area contributed by atoms with Crippen LogP contribution in [0, 0.1) is 6.92 Å². The fraction of sp³-hybridized carbons (Fsp3) is 0.579. The third-order valence-electron chi connectivity index (χ3n) is 4.13. The molecule has 6 nitrogen and oxygen atoms in total. The average Bonchev–Trinajstić information content (AvgIpc) is 2.95. The molecule has 0 aliphatic heterocycles. The molecule has 6 heteroatoms. The van der Waals surface area contributed by atoms with Gasteiger partial charge in [0, 0.05) is 39.9 Å². The summed E-state index contributed by atoms with van der Waals surface area (Å²) >= 11 is 0. The summed E-state index contributed by atoms with van der Waals surface area (Å²) in [7, 11) is 1.81. The smallest absolute Gasteiger partial charge is 0.190 e. The van der Waals surface area contributed by atoms with Crippen LogP contribution in [0.25, 0.3) is 11.0 Å². The highest BCUT2D eigenvalue weighted by Gasteiger charge is 2.06. The summed E-state index contributed by atoms with van der Waals surface area (Å²) in [5.41, 5.74) is 2.27. The lowest BCUT2D eigenvalue weighted by molar-refractivity contribution is 0.143. The lowest BCUT2D eigenvalue weighted by atomic mass is 10.3. The molecule has 0 fully saturated rings. The quantitative estimate of drug-likeness (QED) is 0.395. The van der Waals surface area contributed by atoms with Crippen LogP contribution in [0.2, 0.25) is 0 Å². The molecule has 0 radical (unpaired) electrons. The zero-order valence-electron chi connectivity index (χ0n) is 15.7. The van der Waals surface area contributed by atoms with Crippen molar-refractivity contribution in [2.75, 3.05) is 33.4 Å². The minimum atomic E-state index is 0.794. The van der Waals surface area contributed by atoms with Crippen LogP contribution in [-0.4, -0.2) is 48.9 Å². The van der Waals surface area contributed by atoms with Crippen molar-refractivity contribution in [1.82, 2.24) is 20.2 Å². The molecule has 0 saturated carbocycles. The van der Waals surface area contributed by atoms with Gasteiger partial charge in [-0.2, -0.15) is 0 Å². The van der Waals surface area contributed by atoms with E-state index in [0.29, 0.717) is 0 Å². The lowest BCUT2D eigenvalue weighted by Gasteiger charge is -2.12. The first-order valence-corrected chi connectivity index (χ1v) is 9.20. The first-order valence-electron chi connectivity index (χ1n) is 9.20. The highest BCUT2D eigenvalue weighted by Crippen LogP contribution is 2.15. The van der Waals surface area contributed by atoms with Gasteiger partial charge in [-0.15, -0.1) is 0 Å². The molecular weight excluding hydrogens is 314 g/mol. The Morgan fingerprint density at radius 1 is 1.16 bits per heavy atom. The molecule has 0 bridgehead atoms. The van der Waals surface area contributed by atoms with Crippen molar-refractivity contribution in [2.24, 2.45) is 4.99 Å². The van der Waals surface area contributed by atoms with E-state index in [0.717, 1.165) is 69.4 Å². The van der Waals surface area contributed by atoms with E-state index in [9.17, 15) is 0 Å². The van der Waals surface area contributed by atoms with E-state index in [1.165, 1.54) is 5.52 Å². The fourth-order valence-electron chi connectivity index (χ4n) is 2.82. The topological polar surface area (TPSA) is 63.5 Å². The summed E-state index contributed by atoms with van der Waals surface area (Å²) in [5.74, 6) is 1.93. The SMILES string of the molecule is CCOCCCCNC(=NC)NCCCn1c(C)nc2ccccc21. The Labute approximate surface area is 150 Å². The number of ether oxygens (including phenoxy) is 1. The second kappa shape index (κ2) is 10.7. The summed E-state index contributed by atoms with van der Waals surface area (Å²) in [5, 5.41) is 6.72. The Bertz CT molecular complexity index is 665. The summed E-state index contributed by atoms with van der Waals surface area (Å²) in [6, 6.07) is 8.29. The second-order valence-electron chi connectivity index (χ2n) is 5.98. The van der Waals surface area contributed by atoms with Gasteiger partial charge in [0.25, 0.3) is 0 Å². The third-order valence-corrected chi connectivity index (χ3v) is 4.13. The molecule has 2 aromatic rings. The molecular formula is C19H31N5O. The molecule has 25 heavy (non-hydrogen) atoms. The van der Waals surface area contributed by atoms with Gasteiger partial charge in [-0.25, -0.2) is 4.98 Å². The normalized spacial score (nSPS) is 11.9. The number of hydrogen-bond acceptors (Lipinski definition) is 3. The molecule has 0 saturated heterocycles. The number of hydrogen-bond donors (Lipinski definition) is 2. The van der Waals surface area contributed by atoms with Crippen molar-refractivity contribution in [3.05, 3.63) is 30.1 Å². The van der Waals surface area contributed by atoms with Crippen LogP contribution in [0.5, 0.6) is 0 Å². The number of guanidine groups is 1. The zero-order valence-corrected chi connectivity index (χ0v) is 15.7. The molecule has 1 aromatic heterocycles. The number of nitrogens with zero attached hydrogens (tertiary/aromatic N) is 3. The Kier molecular flexibility index (Phi) is 8.25. The van der Waals surface area contributed by atoms with Gasteiger partial charge in [0.15, 0.2) is 5.96 Å². The number of aryl methyl sites for hydroxylation is 2. The van der Waals surface area contributed by atoms with Gasteiger partial charge in [-0.05, 0) is 45.2 Å². The predicted octanol–water partition coefficient (Wildman–Crippen LogP) is 2.72. The number of benzene rings is 1. The molecule has 138 valence electrons. The van der Waals surface area contributed by atoms with Crippen molar-refractivity contribution in [1.29, 1.82) is 0 Å².